The van der Waals surface area contributed by atoms with Gasteiger partial charge in [-0.25, -0.2) is 4.98 Å². The van der Waals surface area contributed by atoms with Crippen molar-refractivity contribution in [3.8, 4) is 10.9 Å². The lowest BCUT2D eigenvalue weighted by Crippen LogP contribution is -2.09. The van der Waals surface area contributed by atoms with Crippen LogP contribution in [-0.4, -0.2) is 4.98 Å². The largest absolute Gasteiger partial charge is 0.430 e. The van der Waals surface area contributed by atoms with Gasteiger partial charge in [0.1, 0.15) is 5.75 Å². The van der Waals surface area contributed by atoms with E-state index in [1.54, 1.807) is 6.92 Å². The molecule has 0 spiro atoms. The lowest BCUT2D eigenvalue weighted by molar-refractivity contribution is -0.138. The maximum atomic E-state index is 13.0. The van der Waals surface area contributed by atoms with Crippen molar-refractivity contribution in [2.45, 2.75) is 26.6 Å². The molecule has 0 aliphatic carbocycles. The van der Waals surface area contributed by atoms with Crippen LogP contribution >= 0.6 is 11.3 Å². The van der Waals surface area contributed by atoms with Crippen molar-refractivity contribution in [2.75, 3.05) is 0 Å². The number of aromatic nitrogens is 1. The molecule has 20 heavy (non-hydrogen) atoms. The van der Waals surface area contributed by atoms with E-state index in [9.17, 15) is 13.2 Å². The number of benzene rings is 1. The first-order chi connectivity index (χ1) is 9.31. The number of alkyl halides is 3. The van der Waals surface area contributed by atoms with Gasteiger partial charge in [0.25, 0.3) is 5.19 Å². The van der Waals surface area contributed by atoms with E-state index in [0.717, 1.165) is 16.6 Å². The molecule has 7 heteroatoms. The molecule has 0 aliphatic heterocycles. The molecule has 2 rings (SSSR count). The molecule has 1 heterocycles. The van der Waals surface area contributed by atoms with Gasteiger partial charge in [0.15, 0.2) is 0 Å². The first kappa shape index (κ1) is 14.8. The average Bonchev–Trinajstić information content (AvgIpc) is 2.67. The Bertz CT molecular complexity index is 603. The number of halogens is 3. The molecule has 0 radical (unpaired) electrons. The van der Waals surface area contributed by atoms with Crippen LogP contribution in [0.4, 0.5) is 13.2 Å². The van der Waals surface area contributed by atoms with Crippen LogP contribution in [0.25, 0.3) is 0 Å². The Balaban J connectivity index is 2.40. The van der Waals surface area contributed by atoms with Crippen LogP contribution in [0.5, 0.6) is 10.9 Å². The lowest BCUT2D eigenvalue weighted by atomic mass is 10.1. The lowest BCUT2D eigenvalue weighted by Gasteiger charge is -2.13. The highest BCUT2D eigenvalue weighted by Crippen LogP contribution is 2.39. The van der Waals surface area contributed by atoms with Gasteiger partial charge in [-0.3, -0.25) is 0 Å². The van der Waals surface area contributed by atoms with Gasteiger partial charge >= 0.3 is 6.18 Å². The molecular formula is C13H13F3N2OS. The van der Waals surface area contributed by atoms with Gasteiger partial charge in [-0.05, 0) is 31.5 Å². The second-order valence-electron chi connectivity index (χ2n) is 4.26. The second kappa shape index (κ2) is 5.41. The zero-order valence-corrected chi connectivity index (χ0v) is 11.7. The third-order valence-electron chi connectivity index (χ3n) is 2.79. The molecule has 0 saturated carbocycles. The first-order valence-corrected chi connectivity index (χ1v) is 6.65. The number of thiazole rings is 1. The number of aryl methyl sites for hydroxylation is 2. The Kier molecular flexibility index (Phi) is 4.01. The highest BCUT2D eigenvalue weighted by atomic mass is 32.1. The molecule has 0 saturated heterocycles. The van der Waals surface area contributed by atoms with Gasteiger partial charge in [-0.2, -0.15) is 13.2 Å². The highest BCUT2D eigenvalue weighted by Gasteiger charge is 2.35. The minimum Gasteiger partial charge on any atom is -0.430 e. The van der Waals surface area contributed by atoms with E-state index in [1.165, 1.54) is 23.5 Å². The Labute approximate surface area is 118 Å². The van der Waals surface area contributed by atoms with E-state index < -0.39 is 11.7 Å². The van der Waals surface area contributed by atoms with Crippen molar-refractivity contribution in [2.24, 2.45) is 5.73 Å². The average molecular weight is 302 g/mol. The molecule has 0 aliphatic rings. The van der Waals surface area contributed by atoms with Gasteiger partial charge in [0.2, 0.25) is 0 Å². The Morgan fingerprint density at radius 1 is 1.30 bits per heavy atom. The smallest absolute Gasteiger partial charge is 0.419 e. The summed E-state index contributed by atoms with van der Waals surface area (Å²) in [5.74, 6) is -0.261. The summed E-state index contributed by atoms with van der Waals surface area (Å²) in [4.78, 5) is 4.98. The number of rotatable bonds is 3. The van der Waals surface area contributed by atoms with Crippen LogP contribution in [-0.2, 0) is 12.7 Å². The van der Waals surface area contributed by atoms with Gasteiger partial charge in [0.05, 0.1) is 11.3 Å². The molecule has 0 fully saturated rings. The number of hydrogen-bond acceptors (Lipinski definition) is 4. The van der Waals surface area contributed by atoms with E-state index in [0.29, 0.717) is 5.56 Å². The van der Waals surface area contributed by atoms with Crippen LogP contribution in [0.3, 0.4) is 0 Å². The quantitative estimate of drug-likeness (QED) is 0.931. The molecule has 3 nitrogen and oxygen atoms in total. The maximum absolute atomic E-state index is 13.0. The zero-order valence-electron chi connectivity index (χ0n) is 10.9. The molecule has 0 unspecified atom stereocenters. The number of nitrogens with zero attached hydrogens (tertiary/aromatic N) is 1. The Morgan fingerprint density at radius 3 is 2.50 bits per heavy atom. The minimum absolute atomic E-state index is 0.0405. The fourth-order valence-corrected chi connectivity index (χ4v) is 2.36. The van der Waals surface area contributed by atoms with Crippen LogP contribution in [0.1, 0.15) is 21.7 Å². The molecule has 0 bridgehead atoms. The van der Waals surface area contributed by atoms with Crippen molar-refractivity contribution >= 4 is 11.3 Å². The normalized spacial score (nSPS) is 11.7. The summed E-state index contributed by atoms with van der Waals surface area (Å²) in [7, 11) is 0. The predicted octanol–water partition coefficient (Wildman–Crippen LogP) is 4.03. The van der Waals surface area contributed by atoms with E-state index >= 15 is 0 Å². The highest BCUT2D eigenvalue weighted by molar-refractivity contribution is 7.13. The monoisotopic (exact) mass is 302 g/mol. The van der Waals surface area contributed by atoms with E-state index in [-0.39, 0.29) is 17.5 Å². The van der Waals surface area contributed by atoms with Crippen LogP contribution in [0.15, 0.2) is 18.2 Å². The van der Waals surface area contributed by atoms with E-state index in [2.05, 4.69) is 4.98 Å². The SMILES string of the molecule is Cc1nc(Oc2ccc(CN)cc2C(F)(F)F)sc1C. The summed E-state index contributed by atoms with van der Waals surface area (Å²) in [6.07, 6.45) is -4.50. The number of ether oxygens (including phenoxy) is 1. The van der Waals surface area contributed by atoms with Crippen molar-refractivity contribution in [3.05, 3.63) is 39.9 Å². The molecule has 108 valence electrons. The third-order valence-corrected chi connectivity index (χ3v) is 3.74. The summed E-state index contributed by atoms with van der Waals surface area (Å²) in [5, 5.41) is 0.200. The van der Waals surface area contributed by atoms with Crippen molar-refractivity contribution < 1.29 is 17.9 Å². The molecule has 0 atom stereocenters. The topological polar surface area (TPSA) is 48.1 Å². The summed E-state index contributed by atoms with van der Waals surface area (Å²) in [6.45, 7) is 3.65. The standard InChI is InChI=1S/C13H13F3N2OS/c1-7-8(2)20-12(18-7)19-11-4-3-9(6-17)5-10(11)13(14,15)16/h3-5H,6,17H2,1-2H3. The van der Waals surface area contributed by atoms with E-state index in [4.69, 9.17) is 10.5 Å². The summed E-state index contributed by atoms with van der Waals surface area (Å²) in [6, 6.07) is 3.79. The number of hydrogen-bond donors (Lipinski definition) is 1. The van der Waals surface area contributed by atoms with Crippen LogP contribution in [0, 0.1) is 13.8 Å². The Hall–Kier alpha value is -1.60. The molecule has 0 amide bonds. The number of nitrogens with two attached hydrogens (primary N) is 1. The molecule has 1 aromatic heterocycles. The summed E-state index contributed by atoms with van der Waals surface area (Å²) in [5.41, 5.74) is 5.67. The first-order valence-electron chi connectivity index (χ1n) is 5.83. The third kappa shape index (κ3) is 3.10. The molecule has 2 N–H and O–H groups in total. The van der Waals surface area contributed by atoms with Crippen molar-refractivity contribution in [1.29, 1.82) is 0 Å². The molecule has 2 aromatic rings. The van der Waals surface area contributed by atoms with Gasteiger partial charge in [-0.15, -0.1) is 0 Å². The van der Waals surface area contributed by atoms with Crippen LogP contribution in [0.2, 0.25) is 0 Å². The zero-order chi connectivity index (χ0) is 14.9. The van der Waals surface area contributed by atoms with Crippen LogP contribution < -0.4 is 10.5 Å². The van der Waals surface area contributed by atoms with Gasteiger partial charge in [-0.1, -0.05) is 17.4 Å². The predicted molar refractivity (Wildman–Crippen MR) is 71.0 cm³/mol. The van der Waals surface area contributed by atoms with Crippen molar-refractivity contribution in [1.82, 2.24) is 4.98 Å². The van der Waals surface area contributed by atoms with Crippen molar-refractivity contribution in [3.63, 3.8) is 0 Å². The Morgan fingerprint density at radius 2 is 2.00 bits per heavy atom. The molecule has 1 aromatic carbocycles. The summed E-state index contributed by atoms with van der Waals surface area (Å²) < 4.78 is 44.3. The fourth-order valence-electron chi connectivity index (χ4n) is 1.60. The minimum atomic E-state index is -4.50. The second-order valence-corrected chi connectivity index (χ2v) is 5.42. The van der Waals surface area contributed by atoms with E-state index in [1.807, 2.05) is 6.92 Å². The molecular weight excluding hydrogens is 289 g/mol. The maximum Gasteiger partial charge on any atom is 0.419 e. The van der Waals surface area contributed by atoms with Gasteiger partial charge < -0.3 is 10.5 Å². The summed E-state index contributed by atoms with van der Waals surface area (Å²) >= 11 is 1.21. The fraction of sp³-hybridized carbons (Fsp3) is 0.308. The van der Waals surface area contributed by atoms with Gasteiger partial charge in [0, 0.05) is 11.4 Å².